The summed E-state index contributed by atoms with van der Waals surface area (Å²) in [6.07, 6.45) is 0. The van der Waals surface area contributed by atoms with Crippen molar-refractivity contribution in [2.45, 2.75) is 20.5 Å². The van der Waals surface area contributed by atoms with E-state index in [9.17, 15) is 0 Å². The Labute approximate surface area is 109 Å². The zero-order chi connectivity index (χ0) is 13.1. The van der Waals surface area contributed by atoms with Crippen molar-refractivity contribution in [2.24, 2.45) is 0 Å². The summed E-state index contributed by atoms with van der Waals surface area (Å²) in [5.41, 5.74) is 5.72. The molecule has 2 nitrogen and oxygen atoms in total. The van der Waals surface area contributed by atoms with Crippen molar-refractivity contribution in [3.63, 3.8) is 0 Å². The molecule has 0 heterocycles. The quantitative estimate of drug-likeness (QED) is 0.888. The topological polar surface area (TPSA) is 23.5 Å². The van der Waals surface area contributed by atoms with Crippen LogP contribution in [0.4, 0.5) is 11.4 Å². The highest BCUT2D eigenvalue weighted by molar-refractivity contribution is 5.66. The molecule has 2 aromatic carbocycles. The molecular formula is C16H19NO. The zero-order valence-corrected chi connectivity index (χ0v) is 11.1. The Balaban J connectivity index is 2.37. The molecule has 0 spiro atoms. The summed E-state index contributed by atoms with van der Waals surface area (Å²) < 4.78 is 0. The average Bonchev–Trinajstić information content (AvgIpc) is 2.37. The predicted molar refractivity (Wildman–Crippen MR) is 76.3 cm³/mol. The lowest BCUT2D eigenvalue weighted by Crippen LogP contribution is -2.11. The fourth-order valence-electron chi connectivity index (χ4n) is 2.17. The third-order valence-corrected chi connectivity index (χ3v) is 3.19. The minimum Gasteiger partial charge on any atom is -0.392 e. The van der Waals surface area contributed by atoms with Gasteiger partial charge in [-0.2, -0.15) is 0 Å². The van der Waals surface area contributed by atoms with E-state index in [1.54, 1.807) is 0 Å². The molecule has 1 N–H and O–H groups in total. The van der Waals surface area contributed by atoms with E-state index in [0.29, 0.717) is 0 Å². The second kappa shape index (κ2) is 5.23. The molecule has 0 bridgehead atoms. The van der Waals surface area contributed by atoms with Crippen molar-refractivity contribution >= 4 is 11.4 Å². The number of benzene rings is 2. The van der Waals surface area contributed by atoms with Crippen LogP contribution >= 0.6 is 0 Å². The Morgan fingerprint density at radius 2 is 1.83 bits per heavy atom. The normalized spacial score (nSPS) is 10.4. The van der Waals surface area contributed by atoms with Crippen LogP contribution in [0.3, 0.4) is 0 Å². The molecular weight excluding hydrogens is 222 g/mol. The number of anilines is 2. The molecule has 0 fully saturated rings. The molecule has 0 unspecified atom stereocenters. The number of nitrogens with zero attached hydrogens (tertiary/aromatic N) is 1. The molecule has 0 aliphatic carbocycles. The zero-order valence-electron chi connectivity index (χ0n) is 11.1. The molecule has 0 aliphatic heterocycles. The summed E-state index contributed by atoms with van der Waals surface area (Å²) >= 11 is 0. The summed E-state index contributed by atoms with van der Waals surface area (Å²) in [6.45, 7) is 4.26. The van der Waals surface area contributed by atoms with Gasteiger partial charge in [-0.05, 0) is 48.7 Å². The van der Waals surface area contributed by atoms with Crippen LogP contribution in [0.25, 0.3) is 0 Å². The maximum Gasteiger partial charge on any atom is 0.0681 e. The van der Waals surface area contributed by atoms with E-state index in [4.69, 9.17) is 5.11 Å². The van der Waals surface area contributed by atoms with Crippen LogP contribution in [0.5, 0.6) is 0 Å². The number of hydrogen-bond donors (Lipinski definition) is 1. The first-order valence-electron chi connectivity index (χ1n) is 6.12. The lowest BCUT2D eigenvalue weighted by atomic mass is 10.1. The summed E-state index contributed by atoms with van der Waals surface area (Å²) in [5.74, 6) is 0. The Hall–Kier alpha value is -1.80. The lowest BCUT2D eigenvalue weighted by Gasteiger charge is -2.22. The van der Waals surface area contributed by atoms with Gasteiger partial charge in [0.1, 0.15) is 0 Å². The van der Waals surface area contributed by atoms with Crippen molar-refractivity contribution in [3.05, 3.63) is 59.2 Å². The molecule has 0 aliphatic rings. The van der Waals surface area contributed by atoms with Crippen molar-refractivity contribution in [1.82, 2.24) is 0 Å². The number of hydrogen-bond acceptors (Lipinski definition) is 2. The fraction of sp³-hybridized carbons (Fsp3) is 0.250. The first kappa shape index (κ1) is 12.7. The molecule has 0 atom stereocenters. The van der Waals surface area contributed by atoms with E-state index in [2.05, 4.69) is 56.1 Å². The SMILES string of the molecule is Cc1cccc(N(C)c2ccc(CO)cc2C)c1. The van der Waals surface area contributed by atoms with Gasteiger partial charge in [0.15, 0.2) is 0 Å². The Bertz CT molecular complexity index is 549. The van der Waals surface area contributed by atoms with E-state index in [1.807, 2.05) is 12.1 Å². The predicted octanol–water partition coefficient (Wildman–Crippen LogP) is 3.56. The van der Waals surface area contributed by atoms with Crippen LogP contribution < -0.4 is 4.90 Å². The van der Waals surface area contributed by atoms with E-state index in [1.165, 1.54) is 16.8 Å². The molecule has 0 aromatic heterocycles. The van der Waals surface area contributed by atoms with Crippen molar-refractivity contribution < 1.29 is 5.11 Å². The van der Waals surface area contributed by atoms with Crippen LogP contribution in [-0.4, -0.2) is 12.2 Å². The summed E-state index contributed by atoms with van der Waals surface area (Å²) in [4.78, 5) is 2.17. The van der Waals surface area contributed by atoms with Gasteiger partial charge in [0.2, 0.25) is 0 Å². The molecule has 2 rings (SSSR count). The summed E-state index contributed by atoms with van der Waals surface area (Å²) in [5, 5.41) is 9.13. The van der Waals surface area contributed by atoms with Gasteiger partial charge in [0, 0.05) is 18.4 Å². The van der Waals surface area contributed by atoms with Crippen LogP contribution in [0.1, 0.15) is 16.7 Å². The van der Waals surface area contributed by atoms with E-state index in [-0.39, 0.29) is 6.61 Å². The lowest BCUT2D eigenvalue weighted by molar-refractivity contribution is 0.282. The van der Waals surface area contributed by atoms with Crippen LogP contribution in [0.2, 0.25) is 0 Å². The minimum absolute atomic E-state index is 0.0925. The van der Waals surface area contributed by atoms with Crippen molar-refractivity contribution in [3.8, 4) is 0 Å². The van der Waals surface area contributed by atoms with Gasteiger partial charge in [-0.1, -0.05) is 24.3 Å². The average molecular weight is 241 g/mol. The Morgan fingerprint density at radius 3 is 2.44 bits per heavy atom. The van der Waals surface area contributed by atoms with Crippen LogP contribution in [-0.2, 0) is 6.61 Å². The standard InChI is InChI=1S/C16H19NO/c1-12-5-4-6-15(9-12)17(3)16-8-7-14(11-18)10-13(16)2/h4-10,18H,11H2,1-3H3. The van der Waals surface area contributed by atoms with Gasteiger partial charge < -0.3 is 10.0 Å². The van der Waals surface area contributed by atoms with E-state index in [0.717, 1.165) is 11.3 Å². The number of rotatable bonds is 3. The van der Waals surface area contributed by atoms with E-state index < -0.39 is 0 Å². The van der Waals surface area contributed by atoms with Crippen molar-refractivity contribution in [1.29, 1.82) is 0 Å². The van der Waals surface area contributed by atoms with Gasteiger partial charge in [-0.3, -0.25) is 0 Å². The third kappa shape index (κ3) is 2.54. The Morgan fingerprint density at radius 1 is 1.06 bits per heavy atom. The minimum atomic E-state index is 0.0925. The highest BCUT2D eigenvalue weighted by atomic mass is 16.3. The maximum atomic E-state index is 9.13. The molecule has 0 saturated carbocycles. The second-order valence-electron chi connectivity index (χ2n) is 4.68. The second-order valence-corrected chi connectivity index (χ2v) is 4.68. The molecule has 2 aromatic rings. The van der Waals surface area contributed by atoms with Gasteiger partial charge in [0.05, 0.1) is 6.61 Å². The molecule has 0 amide bonds. The summed E-state index contributed by atoms with van der Waals surface area (Å²) in [6, 6.07) is 14.5. The van der Waals surface area contributed by atoms with Gasteiger partial charge >= 0.3 is 0 Å². The first-order chi connectivity index (χ1) is 8.61. The van der Waals surface area contributed by atoms with Gasteiger partial charge in [0.25, 0.3) is 0 Å². The van der Waals surface area contributed by atoms with Crippen LogP contribution in [0.15, 0.2) is 42.5 Å². The summed E-state index contributed by atoms with van der Waals surface area (Å²) in [7, 11) is 2.07. The van der Waals surface area contributed by atoms with Gasteiger partial charge in [-0.25, -0.2) is 0 Å². The largest absolute Gasteiger partial charge is 0.392 e. The molecule has 2 heteroatoms. The Kier molecular flexibility index (Phi) is 3.68. The maximum absolute atomic E-state index is 9.13. The van der Waals surface area contributed by atoms with E-state index >= 15 is 0 Å². The van der Waals surface area contributed by atoms with Crippen LogP contribution in [0, 0.1) is 13.8 Å². The number of aryl methyl sites for hydroxylation is 2. The number of aliphatic hydroxyl groups is 1. The molecule has 18 heavy (non-hydrogen) atoms. The molecule has 0 radical (unpaired) electrons. The molecule has 94 valence electrons. The van der Waals surface area contributed by atoms with Crippen molar-refractivity contribution in [2.75, 3.05) is 11.9 Å². The highest BCUT2D eigenvalue weighted by Crippen LogP contribution is 2.27. The smallest absolute Gasteiger partial charge is 0.0681 e. The first-order valence-corrected chi connectivity index (χ1v) is 6.12. The highest BCUT2D eigenvalue weighted by Gasteiger charge is 2.07. The fourth-order valence-corrected chi connectivity index (χ4v) is 2.17. The van der Waals surface area contributed by atoms with Gasteiger partial charge in [-0.15, -0.1) is 0 Å². The third-order valence-electron chi connectivity index (χ3n) is 3.19. The monoisotopic (exact) mass is 241 g/mol. The molecule has 0 saturated heterocycles. The number of aliphatic hydroxyl groups excluding tert-OH is 1.